The van der Waals surface area contributed by atoms with Gasteiger partial charge >= 0.3 is 0 Å². The van der Waals surface area contributed by atoms with Crippen LogP contribution in [0.15, 0.2) is 87.5 Å². The van der Waals surface area contributed by atoms with Gasteiger partial charge in [-0.05, 0) is 50.2 Å². The maximum absolute atomic E-state index is 13.1. The van der Waals surface area contributed by atoms with Crippen LogP contribution in [0.5, 0.6) is 0 Å². The van der Waals surface area contributed by atoms with Gasteiger partial charge in [-0.25, -0.2) is 12.6 Å². The fourth-order valence-electron chi connectivity index (χ4n) is 2.66. The summed E-state index contributed by atoms with van der Waals surface area (Å²) < 4.78 is 40.3. The first-order valence-corrected chi connectivity index (χ1v) is 11.0. The molecule has 0 saturated carbocycles. The van der Waals surface area contributed by atoms with Crippen LogP contribution in [0.3, 0.4) is 0 Å². The minimum atomic E-state index is -3.75. The third-order valence-corrected chi connectivity index (χ3v) is 7.55. The van der Waals surface area contributed by atoms with Gasteiger partial charge in [-0.15, -0.1) is 0 Å². The van der Waals surface area contributed by atoms with Gasteiger partial charge in [-0.1, -0.05) is 47.5 Å². The Morgan fingerprint density at radius 3 is 1.89 bits per heavy atom. The molecule has 0 aliphatic carbocycles. The van der Waals surface area contributed by atoms with E-state index in [0.29, 0.717) is 15.5 Å². The van der Waals surface area contributed by atoms with Crippen LogP contribution in [-0.2, 0) is 20.8 Å². The van der Waals surface area contributed by atoms with E-state index in [9.17, 15) is 12.6 Å². The van der Waals surface area contributed by atoms with E-state index in [2.05, 4.69) is 0 Å². The van der Waals surface area contributed by atoms with Crippen LogP contribution < -0.4 is 4.31 Å². The van der Waals surface area contributed by atoms with Gasteiger partial charge in [0.1, 0.15) is 0 Å². The van der Waals surface area contributed by atoms with Crippen molar-refractivity contribution in [2.45, 2.75) is 28.5 Å². The van der Waals surface area contributed by atoms with Gasteiger partial charge in [0, 0.05) is 11.9 Å². The number of aryl methyl sites for hydroxylation is 2. The highest BCUT2D eigenvalue weighted by molar-refractivity contribution is 7.93. The Kier molecular flexibility index (Phi) is 5.48. The van der Waals surface area contributed by atoms with Crippen molar-refractivity contribution >= 4 is 26.5 Å². The highest BCUT2D eigenvalue weighted by atomic mass is 32.2. The van der Waals surface area contributed by atoms with Crippen LogP contribution in [-0.4, -0.2) is 19.7 Å². The molecule has 1 atom stereocenters. The third-order valence-electron chi connectivity index (χ3n) is 4.32. The summed E-state index contributed by atoms with van der Waals surface area (Å²) in [6.07, 6.45) is 0. The van der Waals surface area contributed by atoms with Crippen molar-refractivity contribution < 1.29 is 12.6 Å². The van der Waals surface area contributed by atoms with E-state index in [1.54, 1.807) is 60.7 Å². The molecule has 6 heteroatoms. The molecule has 0 fully saturated rings. The SMILES string of the molecule is Cc1ccc(S(=O)c2ccccc2N(C)S(=O)(=O)c2ccc(C)cc2)cc1. The quantitative estimate of drug-likeness (QED) is 0.643. The highest BCUT2D eigenvalue weighted by Crippen LogP contribution is 2.30. The molecule has 1 unspecified atom stereocenters. The third kappa shape index (κ3) is 3.96. The number of hydrogen-bond donors (Lipinski definition) is 0. The van der Waals surface area contributed by atoms with Gasteiger partial charge in [0.15, 0.2) is 0 Å². The van der Waals surface area contributed by atoms with Crippen molar-refractivity contribution in [3.63, 3.8) is 0 Å². The van der Waals surface area contributed by atoms with Crippen molar-refractivity contribution in [3.8, 4) is 0 Å². The van der Waals surface area contributed by atoms with Crippen LogP contribution in [0.1, 0.15) is 11.1 Å². The number of para-hydroxylation sites is 1. The molecular weight excluding hydrogens is 378 g/mol. The second-order valence-electron chi connectivity index (χ2n) is 6.34. The topological polar surface area (TPSA) is 54.5 Å². The number of anilines is 1. The maximum atomic E-state index is 13.1. The molecule has 0 saturated heterocycles. The predicted octanol–water partition coefficient (Wildman–Crippen LogP) is 4.30. The van der Waals surface area contributed by atoms with Crippen molar-refractivity contribution in [1.29, 1.82) is 0 Å². The molecule has 0 radical (unpaired) electrons. The van der Waals surface area contributed by atoms with Gasteiger partial charge in [-0.2, -0.15) is 0 Å². The highest BCUT2D eigenvalue weighted by Gasteiger charge is 2.25. The number of rotatable bonds is 5. The average Bonchev–Trinajstić information content (AvgIpc) is 2.68. The number of sulfonamides is 1. The first kappa shape index (κ1) is 19.3. The summed E-state index contributed by atoms with van der Waals surface area (Å²) in [5, 5.41) is 0. The number of benzene rings is 3. The Balaban J connectivity index is 2.03. The molecule has 3 rings (SSSR count). The van der Waals surface area contributed by atoms with Gasteiger partial charge in [0.25, 0.3) is 10.0 Å². The zero-order valence-electron chi connectivity index (χ0n) is 15.4. The van der Waals surface area contributed by atoms with Crippen LogP contribution in [0.25, 0.3) is 0 Å². The molecule has 0 amide bonds. The number of hydrogen-bond acceptors (Lipinski definition) is 3. The predicted molar refractivity (Wildman–Crippen MR) is 109 cm³/mol. The van der Waals surface area contributed by atoms with Gasteiger partial charge in [0.2, 0.25) is 0 Å². The second kappa shape index (κ2) is 7.66. The van der Waals surface area contributed by atoms with Gasteiger partial charge in [-0.3, -0.25) is 4.31 Å². The Morgan fingerprint density at radius 2 is 1.30 bits per heavy atom. The van der Waals surface area contributed by atoms with E-state index in [1.165, 1.54) is 11.4 Å². The molecular formula is C21H21NO3S2. The summed E-state index contributed by atoms with van der Waals surface area (Å²) in [4.78, 5) is 1.29. The van der Waals surface area contributed by atoms with E-state index >= 15 is 0 Å². The molecule has 0 N–H and O–H groups in total. The number of nitrogens with zero attached hydrogens (tertiary/aromatic N) is 1. The van der Waals surface area contributed by atoms with E-state index in [-0.39, 0.29) is 4.90 Å². The van der Waals surface area contributed by atoms with E-state index in [0.717, 1.165) is 11.1 Å². The van der Waals surface area contributed by atoms with Crippen LogP contribution in [0.2, 0.25) is 0 Å². The fraction of sp³-hybridized carbons (Fsp3) is 0.143. The summed E-state index contributed by atoms with van der Waals surface area (Å²) in [5.74, 6) is 0. The van der Waals surface area contributed by atoms with Crippen molar-refractivity contribution in [3.05, 3.63) is 83.9 Å². The lowest BCUT2D eigenvalue weighted by Gasteiger charge is -2.22. The zero-order chi connectivity index (χ0) is 19.6. The standard InChI is InChI=1S/C21H21NO3S2/c1-16-8-12-18(13-9-16)26(23)21-7-5-4-6-20(21)22(3)27(24,25)19-14-10-17(2)11-15-19/h4-15H,1-3H3. The van der Waals surface area contributed by atoms with E-state index in [1.807, 2.05) is 26.0 Å². The lowest BCUT2D eigenvalue weighted by molar-refractivity contribution is 0.594. The molecule has 0 spiro atoms. The Labute approximate surface area is 163 Å². The Morgan fingerprint density at radius 1 is 0.778 bits per heavy atom. The van der Waals surface area contributed by atoms with E-state index in [4.69, 9.17) is 0 Å². The Hall–Kier alpha value is -2.44. The second-order valence-corrected chi connectivity index (χ2v) is 9.75. The largest absolute Gasteiger partial charge is 0.268 e. The smallest absolute Gasteiger partial charge is 0.264 e. The lowest BCUT2D eigenvalue weighted by Crippen LogP contribution is -2.27. The molecule has 3 aromatic carbocycles. The molecule has 0 bridgehead atoms. The Bertz CT molecular complexity index is 1070. The summed E-state index contributed by atoms with van der Waals surface area (Å²) in [6.45, 7) is 3.86. The first-order valence-electron chi connectivity index (χ1n) is 8.44. The molecule has 0 aliphatic rings. The molecule has 3 aromatic rings. The summed E-state index contributed by atoms with van der Waals surface area (Å²) >= 11 is 0. The van der Waals surface area contributed by atoms with Crippen LogP contribution in [0.4, 0.5) is 5.69 Å². The molecule has 27 heavy (non-hydrogen) atoms. The molecule has 140 valence electrons. The molecule has 4 nitrogen and oxygen atoms in total. The fourth-order valence-corrected chi connectivity index (χ4v) is 5.17. The molecule has 0 aliphatic heterocycles. The van der Waals surface area contributed by atoms with E-state index < -0.39 is 20.8 Å². The van der Waals surface area contributed by atoms with Crippen LogP contribution >= 0.6 is 0 Å². The van der Waals surface area contributed by atoms with Crippen molar-refractivity contribution in [1.82, 2.24) is 0 Å². The van der Waals surface area contributed by atoms with Gasteiger partial charge < -0.3 is 0 Å². The normalized spacial score (nSPS) is 12.6. The summed E-state index contributed by atoms with van der Waals surface area (Å²) in [7, 11) is -3.76. The maximum Gasteiger partial charge on any atom is 0.264 e. The summed E-state index contributed by atoms with van der Waals surface area (Å²) in [5.41, 5.74) is 2.46. The zero-order valence-corrected chi connectivity index (χ0v) is 17.0. The van der Waals surface area contributed by atoms with Gasteiger partial charge in [0.05, 0.1) is 26.3 Å². The molecule has 0 aromatic heterocycles. The minimum absolute atomic E-state index is 0.200. The average molecular weight is 400 g/mol. The lowest BCUT2D eigenvalue weighted by atomic mass is 10.2. The summed E-state index contributed by atoms with van der Waals surface area (Å²) in [6, 6.07) is 21.0. The van der Waals surface area contributed by atoms with Crippen LogP contribution in [0, 0.1) is 13.8 Å². The molecule has 0 heterocycles. The van der Waals surface area contributed by atoms with Crippen molar-refractivity contribution in [2.75, 3.05) is 11.4 Å². The first-order chi connectivity index (χ1) is 12.8. The minimum Gasteiger partial charge on any atom is -0.268 e. The monoisotopic (exact) mass is 399 g/mol. The van der Waals surface area contributed by atoms with Crippen molar-refractivity contribution in [2.24, 2.45) is 0 Å².